The lowest BCUT2D eigenvalue weighted by Crippen LogP contribution is -2.03. The van der Waals surface area contributed by atoms with E-state index in [0.29, 0.717) is 18.8 Å². The molecule has 0 atom stereocenters. The van der Waals surface area contributed by atoms with Gasteiger partial charge in [-0.15, -0.1) is 0 Å². The molecule has 1 aromatic carbocycles. The molecule has 0 unspecified atom stereocenters. The molecule has 1 rings (SSSR count). The fourth-order valence-electron chi connectivity index (χ4n) is 1.18. The Hall–Kier alpha value is -1.30. The van der Waals surface area contributed by atoms with Gasteiger partial charge in [0.25, 0.3) is 5.69 Å². The number of benzene rings is 1. The molecule has 0 radical (unpaired) electrons. The molecule has 0 heterocycles. The van der Waals surface area contributed by atoms with Gasteiger partial charge in [-0.25, -0.2) is 0 Å². The molecule has 0 aliphatic carbocycles. The first kappa shape index (κ1) is 13.8. The van der Waals surface area contributed by atoms with E-state index >= 15 is 0 Å². The minimum Gasteiger partial charge on any atom is -0.376 e. The number of hydrogen-bond donors (Lipinski definition) is 2. The van der Waals surface area contributed by atoms with Gasteiger partial charge in [-0.05, 0) is 6.07 Å². The zero-order chi connectivity index (χ0) is 12.8. The standard InChI is InChI=1S/C10H11Cl2N3O2/c11-7-5-9(14-4-2-1-3-13)10(15(16)17)6-8(7)12/h1-2,5-6,14H,3-4,13H2/b2-1+. The zero-order valence-corrected chi connectivity index (χ0v) is 10.3. The van der Waals surface area contributed by atoms with E-state index < -0.39 is 4.92 Å². The fourth-order valence-corrected chi connectivity index (χ4v) is 1.50. The summed E-state index contributed by atoms with van der Waals surface area (Å²) in [5.41, 5.74) is 5.48. The summed E-state index contributed by atoms with van der Waals surface area (Å²) in [4.78, 5) is 10.3. The van der Waals surface area contributed by atoms with Crippen LogP contribution in [0.3, 0.4) is 0 Å². The SMILES string of the molecule is NC/C=C/CNc1cc(Cl)c(Cl)cc1[N+](=O)[O-]. The van der Waals surface area contributed by atoms with E-state index in [9.17, 15) is 10.1 Å². The second-order valence-corrected chi connectivity index (χ2v) is 3.94. The number of halogens is 2. The molecule has 0 saturated carbocycles. The summed E-state index contributed by atoms with van der Waals surface area (Å²) in [5.74, 6) is 0. The first-order valence-electron chi connectivity index (χ1n) is 4.78. The molecule has 0 aliphatic heterocycles. The maximum absolute atomic E-state index is 10.8. The van der Waals surface area contributed by atoms with Crippen molar-refractivity contribution < 1.29 is 4.92 Å². The molecule has 3 N–H and O–H groups in total. The van der Waals surface area contributed by atoms with Crippen molar-refractivity contribution in [2.45, 2.75) is 0 Å². The van der Waals surface area contributed by atoms with Gasteiger partial charge in [-0.3, -0.25) is 10.1 Å². The highest BCUT2D eigenvalue weighted by Crippen LogP contribution is 2.33. The summed E-state index contributed by atoms with van der Waals surface area (Å²) in [6, 6.07) is 2.65. The second kappa shape index (κ2) is 6.44. The van der Waals surface area contributed by atoms with Gasteiger partial charge in [0.15, 0.2) is 0 Å². The van der Waals surface area contributed by atoms with Crippen LogP contribution in [0, 0.1) is 10.1 Å². The van der Waals surface area contributed by atoms with Gasteiger partial charge in [0.2, 0.25) is 0 Å². The van der Waals surface area contributed by atoms with Gasteiger partial charge >= 0.3 is 0 Å². The Morgan fingerprint density at radius 1 is 1.35 bits per heavy atom. The summed E-state index contributed by atoms with van der Waals surface area (Å²) in [6.07, 6.45) is 3.52. The molecule has 0 saturated heterocycles. The predicted octanol–water partition coefficient (Wildman–Crippen LogP) is 2.83. The molecule has 92 valence electrons. The van der Waals surface area contributed by atoms with E-state index in [1.165, 1.54) is 12.1 Å². The average molecular weight is 276 g/mol. The van der Waals surface area contributed by atoms with E-state index in [0.717, 1.165) is 0 Å². The third-order valence-corrected chi connectivity index (χ3v) is 2.67. The van der Waals surface area contributed by atoms with Gasteiger partial charge in [0, 0.05) is 19.2 Å². The maximum Gasteiger partial charge on any atom is 0.293 e. The summed E-state index contributed by atoms with van der Waals surface area (Å²) in [5, 5.41) is 14.1. The lowest BCUT2D eigenvalue weighted by molar-refractivity contribution is -0.383. The third kappa shape index (κ3) is 3.89. The highest BCUT2D eigenvalue weighted by molar-refractivity contribution is 6.42. The van der Waals surface area contributed by atoms with Crippen molar-refractivity contribution in [2.24, 2.45) is 5.73 Å². The van der Waals surface area contributed by atoms with Gasteiger partial charge in [0.05, 0.1) is 15.0 Å². The summed E-state index contributed by atoms with van der Waals surface area (Å²) >= 11 is 11.5. The molecule has 1 aromatic rings. The highest BCUT2D eigenvalue weighted by Gasteiger charge is 2.16. The Kier molecular flexibility index (Phi) is 5.21. The number of anilines is 1. The molecule has 0 aromatic heterocycles. The van der Waals surface area contributed by atoms with Crippen LogP contribution < -0.4 is 11.1 Å². The van der Waals surface area contributed by atoms with E-state index in [1.54, 1.807) is 12.2 Å². The van der Waals surface area contributed by atoms with Crippen molar-refractivity contribution in [3.05, 3.63) is 44.4 Å². The smallest absolute Gasteiger partial charge is 0.293 e. The van der Waals surface area contributed by atoms with Gasteiger partial charge in [0.1, 0.15) is 5.69 Å². The molecule has 0 bridgehead atoms. The van der Waals surface area contributed by atoms with Gasteiger partial charge in [-0.2, -0.15) is 0 Å². The van der Waals surface area contributed by atoms with Crippen molar-refractivity contribution in [3.63, 3.8) is 0 Å². The third-order valence-electron chi connectivity index (χ3n) is 1.95. The summed E-state index contributed by atoms with van der Waals surface area (Å²) < 4.78 is 0. The Labute approximate surface area is 108 Å². The van der Waals surface area contributed by atoms with Crippen LogP contribution in [0.4, 0.5) is 11.4 Å². The fraction of sp³-hybridized carbons (Fsp3) is 0.200. The van der Waals surface area contributed by atoms with Gasteiger partial charge < -0.3 is 11.1 Å². The number of nitrogens with one attached hydrogen (secondary N) is 1. The lowest BCUT2D eigenvalue weighted by Gasteiger charge is -2.06. The predicted molar refractivity (Wildman–Crippen MR) is 69.8 cm³/mol. The Morgan fingerprint density at radius 2 is 2.00 bits per heavy atom. The maximum atomic E-state index is 10.8. The number of nitrogens with zero attached hydrogens (tertiary/aromatic N) is 1. The van der Waals surface area contributed by atoms with Crippen LogP contribution in [-0.4, -0.2) is 18.0 Å². The van der Waals surface area contributed by atoms with Crippen LogP contribution in [-0.2, 0) is 0 Å². The monoisotopic (exact) mass is 275 g/mol. The summed E-state index contributed by atoms with van der Waals surface area (Å²) in [6.45, 7) is 0.848. The lowest BCUT2D eigenvalue weighted by atomic mass is 10.2. The Bertz CT molecular complexity index is 449. The summed E-state index contributed by atoms with van der Waals surface area (Å²) in [7, 11) is 0. The van der Waals surface area contributed by atoms with Crippen molar-refractivity contribution in [3.8, 4) is 0 Å². The molecule has 17 heavy (non-hydrogen) atoms. The zero-order valence-electron chi connectivity index (χ0n) is 8.82. The largest absolute Gasteiger partial charge is 0.376 e. The molecular formula is C10H11Cl2N3O2. The van der Waals surface area contributed by atoms with Gasteiger partial charge in [-0.1, -0.05) is 35.4 Å². The topological polar surface area (TPSA) is 81.2 Å². The van der Waals surface area contributed by atoms with Crippen LogP contribution in [0.15, 0.2) is 24.3 Å². The average Bonchev–Trinajstić information content (AvgIpc) is 2.28. The highest BCUT2D eigenvalue weighted by atomic mass is 35.5. The van der Waals surface area contributed by atoms with E-state index in [2.05, 4.69) is 5.32 Å². The van der Waals surface area contributed by atoms with Crippen LogP contribution in [0.25, 0.3) is 0 Å². The molecule has 5 nitrogen and oxygen atoms in total. The van der Waals surface area contributed by atoms with E-state index in [1.807, 2.05) is 0 Å². The van der Waals surface area contributed by atoms with Crippen molar-refractivity contribution in [1.29, 1.82) is 0 Å². The van der Waals surface area contributed by atoms with Crippen LogP contribution >= 0.6 is 23.2 Å². The molecule has 0 aliphatic rings. The van der Waals surface area contributed by atoms with Crippen LogP contribution in [0.1, 0.15) is 0 Å². The number of nitro groups is 1. The number of nitro benzene ring substituents is 1. The normalized spacial score (nSPS) is 10.8. The molecule has 0 amide bonds. The molecule has 0 spiro atoms. The van der Waals surface area contributed by atoms with Crippen molar-refractivity contribution >= 4 is 34.6 Å². The number of hydrogen-bond acceptors (Lipinski definition) is 4. The van der Waals surface area contributed by atoms with E-state index in [4.69, 9.17) is 28.9 Å². The first-order valence-corrected chi connectivity index (χ1v) is 5.54. The van der Waals surface area contributed by atoms with Crippen molar-refractivity contribution in [1.82, 2.24) is 0 Å². The van der Waals surface area contributed by atoms with Crippen molar-refractivity contribution in [2.75, 3.05) is 18.4 Å². The van der Waals surface area contributed by atoms with E-state index in [-0.39, 0.29) is 15.7 Å². The first-order chi connectivity index (χ1) is 8.06. The number of rotatable bonds is 5. The van der Waals surface area contributed by atoms with Crippen LogP contribution in [0.5, 0.6) is 0 Å². The number of nitrogens with two attached hydrogens (primary N) is 1. The minimum atomic E-state index is -0.517. The molecule has 0 fully saturated rings. The van der Waals surface area contributed by atoms with Crippen LogP contribution in [0.2, 0.25) is 10.0 Å². The second-order valence-electron chi connectivity index (χ2n) is 3.13. The molecule has 7 heteroatoms. The quantitative estimate of drug-likeness (QED) is 0.492. The molecular weight excluding hydrogens is 265 g/mol. The minimum absolute atomic E-state index is 0.111. The Morgan fingerprint density at radius 3 is 2.59 bits per heavy atom. The Balaban J connectivity index is 2.92.